The number of anilines is 1. The average molecular weight is 298 g/mol. The molecule has 1 aliphatic rings. The molecule has 0 spiro atoms. The molecule has 2 atom stereocenters. The van der Waals surface area contributed by atoms with Crippen LogP contribution in [0.4, 0.5) is 5.82 Å². The molecule has 0 amide bonds. The van der Waals surface area contributed by atoms with Gasteiger partial charge in [-0.25, -0.2) is 9.97 Å². The Labute approximate surface area is 126 Å². The van der Waals surface area contributed by atoms with Gasteiger partial charge in [0.15, 0.2) is 0 Å². The largest absolute Gasteiger partial charge is 0.393 e. The second kappa shape index (κ2) is 5.86. The van der Waals surface area contributed by atoms with Crippen molar-refractivity contribution in [2.24, 2.45) is 5.92 Å². The maximum absolute atomic E-state index is 9.88. The summed E-state index contributed by atoms with van der Waals surface area (Å²) in [5, 5.41) is 13.7. The second-order valence-electron chi connectivity index (χ2n) is 6.70. The Morgan fingerprint density at radius 3 is 2.55 bits per heavy atom. The van der Waals surface area contributed by atoms with Crippen molar-refractivity contribution in [3.8, 4) is 0 Å². The van der Waals surface area contributed by atoms with Crippen molar-refractivity contribution in [3.63, 3.8) is 0 Å². The summed E-state index contributed by atoms with van der Waals surface area (Å²) in [4.78, 5) is 8.97. The molecule has 0 saturated heterocycles. The summed E-state index contributed by atoms with van der Waals surface area (Å²) in [6, 6.07) is 0. The molecule has 2 N–H and O–H groups in total. The van der Waals surface area contributed by atoms with Crippen molar-refractivity contribution in [3.05, 3.63) is 16.5 Å². The van der Waals surface area contributed by atoms with Gasteiger partial charge < -0.3 is 10.4 Å². The quantitative estimate of drug-likeness (QED) is 0.841. The Balaban J connectivity index is 2.16. The lowest BCUT2D eigenvalue weighted by atomic mass is 9.95. The molecule has 4 nitrogen and oxygen atoms in total. The van der Waals surface area contributed by atoms with Gasteiger partial charge in [-0.15, -0.1) is 0 Å². The zero-order valence-electron chi connectivity index (χ0n) is 12.7. The molecule has 2 rings (SSSR count). The Morgan fingerprint density at radius 2 is 2.00 bits per heavy atom. The number of hydrogen-bond acceptors (Lipinski definition) is 4. The van der Waals surface area contributed by atoms with Crippen molar-refractivity contribution < 1.29 is 5.11 Å². The standard InChI is InChI=1S/C15H24ClN3O/c1-9-12(16)18-14(15(2,3)4)19-13(9)17-8-10-6-5-7-11(10)20/h10-11,20H,5-8H2,1-4H3,(H,17,18,19). The van der Waals surface area contributed by atoms with Crippen molar-refractivity contribution in [1.29, 1.82) is 0 Å². The molecule has 112 valence electrons. The van der Waals surface area contributed by atoms with E-state index in [1.807, 2.05) is 6.92 Å². The Hall–Kier alpha value is -0.870. The second-order valence-corrected chi connectivity index (χ2v) is 7.06. The molecule has 5 heteroatoms. The average Bonchev–Trinajstić information content (AvgIpc) is 2.75. The molecule has 1 saturated carbocycles. The van der Waals surface area contributed by atoms with Gasteiger partial charge >= 0.3 is 0 Å². The van der Waals surface area contributed by atoms with E-state index in [0.29, 0.717) is 11.1 Å². The predicted molar refractivity (Wildman–Crippen MR) is 82.3 cm³/mol. The van der Waals surface area contributed by atoms with Crippen molar-refractivity contribution >= 4 is 17.4 Å². The van der Waals surface area contributed by atoms with Gasteiger partial charge in [-0.2, -0.15) is 0 Å². The summed E-state index contributed by atoms with van der Waals surface area (Å²) < 4.78 is 0. The summed E-state index contributed by atoms with van der Waals surface area (Å²) in [6.45, 7) is 8.86. The predicted octanol–water partition coefficient (Wildman–Crippen LogP) is 3.31. The number of hydrogen-bond donors (Lipinski definition) is 2. The smallest absolute Gasteiger partial charge is 0.137 e. The lowest BCUT2D eigenvalue weighted by Gasteiger charge is -2.21. The van der Waals surface area contributed by atoms with Crippen molar-refractivity contribution in [1.82, 2.24) is 9.97 Å². The Morgan fingerprint density at radius 1 is 1.30 bits per heavy atom. The van der Waals surface area contributed by atoms with E-state index in [0.717, 1.165) is 43.0 Å². The summed E-state index contributed by atoms with van der Waals surface area (Å²) in [6.07, 6.45) is 2.88. The first-order valence-electron chi connectivity index (χ1n) is 7.25. The maximum Gasteiger partial charge on any atom is 0.137 e. The van der Waals surface area contributed by atoms with Crippen LogP contribution in [0.2, 0.25) is 5.15 Å². The molecule has 0 radical (unpaired) electrons. The van der Waals surface area contributed by atoms with Gasteiger partial charge in [0.2, 0.25) is 0 Å². The number of aliphatic hydroxyl groups excluding tert-OH is 1. The van der Waals surface area contributed by atoms with Gasteiger partial charge in [-0.3, -0.25) is 0 Å². The van der Waals surface area contributed by atoms with Crippen LogP contribution in [0.15, 0.2) is 0 Å². The van der Waals surface area contributed by atoms with Gasteiger partial charge in [0.1, 0.15) is 16.8 Å². The summed E-state index contributed by atoms with van der Waals surface area (Å²) in [5.41, 5.74) is 0.729. The third-order valence-electron chi connectivity index (χ3n) is 3.91. The lowest BCUT2D eigenvalue weighted by molar-refractivity contribution is 0.138. The van der Waals surface area contributed by atoms with Crippen LogP contribution in [0.3, 0.4) is 0 Å². The minimum Gasteiger partial charge on any atom is -0.393 e. The first kappa shape index (κ1) is 15.5. The van der Waals surface area contributed by atoms with Gasteiger partial charge in [0.05, 0.1) is 6.10 Å². The highest BCUT2D eigenvalue weighted by Gasteiger charge is 2.26. The molecule has 0 aromatic carbocycles. The van der Waals surface area contributed by atoms with Gasteiger partial charge in [0.25, 0.3) is 0 Å². The molecular weight excluding hydrogens is 274 g/mol. The van der Waals surface area contributed by atoms with E-state index in [2.05, 4.69) is 36.1 Å². The molecule has 1 aliphatic carbocycles. The zero-order valence-corrected chi connectivity index (χ0v) is 13.5. The minimum absolute atomic E-state index is 0.138. The van der Waals surface area contributed by atoms with E-state index in [1.54, 1.807) is 0 Å². The molecule has 1 heterocycles. The van der Waals surface area contributed by atoms with Crippen molar-refractivity contribution in [2.45, 2.75) is 58.5 Å². The third-order valence-corrected chi connectivity index (χ3v) is 4.28. The van der Waals surface area contributed by atoms with Crippen LogP contribution >= 0.6 is 11.6 Å². The van der Waals surface area contributed by atoms with Crippen molar-refractivity contribution in [2.75, 3.05) is 11.9 Å². The van der Waals surface area contributed by atoms with Crippen LogP contribution < -0.4 is 5.32 Å². The van der Waals surface area contributed by atoms with Crippen LogP contribution in [-0.2, 0) is 5.41 Å². The molecule has 1 fully saturated rings. The van der Waals surface area contributed by atoms with Crippen LogP contribution in [0.1, 0.15) is 51.4 Å². The van der Waals surface area contributed by atoms with E-state index in [-0.39, 0.29) is 11.5 Å². The fraction of sp³-hybridized carbons (Fsp3) is 0.733. The van der Waals surface area contributed by atoms with E-state index in [1.165, 1.54) is 0 Å². The highest BCUT2D eigenvalue weighted by Crippen LogP contribution is 2.28. The van der Waals surface area contributed by atoms with Crippen LogP contribution in [0, 0.1) is 12.8 Å². The Kier molecular flexibility index (Phi) is 4.55. The van der Waals surface area contributed by atoms with Gasteiger partial charge in [0, 0.05) is 23.4 Å². The molecular formula is C15H24ClN3O. The van der Waals surface area contributed by atoms with Crippen LogP contribution in [0.5, 0.6) is 0 Å². The number of rotatable bonds is 3. The normalized spacial score (nSPS) is 23.1. The molecule has 1 aromatic heterocycles. The molecule has 2 unspecified atom stereocenters. The van der Waals surface area contributed by atoms with Gasteiger partial charge in [-0.1, -0.05) is 38.8 Å². The molecule has 20 heavy (non-hydrogen) atoms. The maximum atomic E-state index is 9.88. The van der Waals surface area contributed by atoms with E-state index >= 15 is 0 Å². The number of aliphatic hydroxyl groups is 1. The highest BCUT2D eigenvalue weighted by molar-refractivity contribution is 6.30. The minimum atomic E-state index is -0.192. The summed E-state index contributed by atoms with van der Waals surface area (Å²) in [5.74, 6) is 1.83. The number of nitrogens with zero attached hydrogens (tertiary/aromatic N) is 2. The van der Waals surface area contributed by atoms with E-state index in [4.69, 9.17) is 11.6 Å². The molecule has 0 aliphatic heterocycles. The van der Waals surface area contributed by atoms with E-state index in [9.17, 15) is 5.11 Å². The van der Waals surface area contributed by atoms with Gasteiger partial charge in [-0.05, 0) is 19.8 Å². The van der Waals surface area contributed by atoms with E-state index < -0.39 is 0 Å². The number of nitrogens with one attached hydrogen (secondary N) is 1. The third kappa shape index (κ3) is 3.41. The first-order chi connectivity index (χ1) is 9.29. The Bertz CT molecular complexity index is 485. The highest BCUT2D eigenvalue weighted by atomic mass is 35.5. The molecule has 0 bridgehead atoms. The van der Waals surface area contributed by atoms with Crippen LogP contribution in [0.25, 0.3) is 0 Å². The fourth-order valence-corrected chi connectivity index (χ4v) is 2.65. The monoisotopic (exact) mass is 297 g/mol. The topological polar surface area (TPSA) is 58.0 Å². The van der Waals surface area contributed by atoms with Crippen LogP contribution in [-0.4, -0.2) is 27.7 Å². The molecule has 1 aromatic rings. The first-order valence-corrected chi connectivity index (χ1v) is 7.63. The summed E-state index contributed by atoms with van der Waals surface area (Å²) in [7, 11) is 0. The lowest BCUT2D eigenvalue weighted by Crippen LogP contribution is -2.24. The summed E-state index contributed by atoms with van der Waals surface area (Å²) >= 11 is 6.21. The fourth-order valence-electron chi connectivity index (χ4n) is 2.48. The zero-order chi connectivity index (χ0) is 14.9. The number of halogens is 1. The number of aromatic nitrogens is 2. The SMILES string of the molecule is Cc1c(Cl)nc(C(C)(C)C)nc1NCC1CCCC1O.